The van der Waals surface area contributed by atoms with E-state index in [4.69, 9.17) is 11.6 Å². The quantitative estimate of drug-likeness (QED) is 0.712. The van der Waals surface area contributed by atoms with Crippen molar-refractivity contribution in [2.75, 3.05) is 25.2 Å². The van der Waals surface area contributed by atoms with Crippen LogP contribution in [0.4, 0.5) is 0 Å². The minimum absolute atomic E-state index is 0.256. The zero-order valence-corrected chi connectivity index (χ0v) is 15.3. The molecular formula is C15H21BrClNO2S. The van der Waals surface area contributed by atoms with Crippen molar-refractivity contribution in [3.05, 3.63) is 34.3 Å². The van der Waals surface area contributed by atoms with E-state index < -0.39 is 10.0 Å². The van der Waals surface area contributed by atoms with Gasteiger partial charge in [-0.2, -0.15) is 0 Å². The third-order valence-corrected chi connectivity index (χ3v) is 6.46. The lowest BCUT2D eigenvalue weighted by Crippen LogP contribution is -2.39. The van der Waals surface area contributed by atoms with Gasteiger partial charge in [-0.25, -0.2) is 12.7 Å². The zero-order valence-electron chi connectivity index (χ0n) is 12.1. The molecule has 1 aliphatic rings. The molecule has 1 heterocycles. The summed E-state index contributed by atoms with van der Waals surface area (Å²) in [7, 11) is -3.08. The molecule has 2 atom stereocenters. The van der Waals surface area contributed by atoms with Gasteiger partial charge in [0.05, 0.1) is 6.26 Å². The van der Waals surface area contributed by atoms with Gasteiger partial charge in [0.1, 0.15) is 0 Å². The molecule has 1 fully saturated rings. The Morgan fingerprint density at radius 2 is 2.14 bits per heavy atom. The molecule has 1 aromatic carbocycles. The Bertz CT molecular complexity index is 579. The fraction of sp³-hybridized carbons (Fsp3) is 0.600. The van der Waals surface area contributed by atoms with Crippen LogP contribution >= 0.6 is 27.5 Å². The molecule has 0 amide bonds. The summed E-state index contributed by atoms with van der Waals surface area (Å²) in [5.41, 5.74) is 1.21. The second-order valence-electron chi connectivity index (χ2n) is 5.74. The van der Waals surface area contributed by atoms with Crippen molar-refractivity contribution in [3.63, 3.8) is 0 Å². The average Bonchev–Trinajstić information content (AvgIpc) is 2.45. The van der Waals surface area contributed by atoms with E-state index in [9.17, 15) is 8.42 Å². The molecule has 1 aliphatic heterocycles. The van der Waals surface area contributed by atoms with Crippen molar-refractivity contribution in [3.8, 4) is 0 Å². The van der Waals surface area contributed by atoms with Gasteiger partial charge in [-0.15, -0.1) is 11.6 Å². The molecule has 0 aromatic heterocycles. The van der Waals surface area contributed by atoms with E-state index in [1.165, 1.54) is 11.8 Å². The van der Waals surface area contributed by atoms with Gasteiger partial charge in [-0.1, -0.05) is 34.1 Å². The largest absolute Gasteiger partial charge is 0.213 e. The van der Waals surface area contributed by atoms with Gasteiger partial charge in [-0.3, -0.25) is 0 Å². The summed E-state index contributed by atoms with van der Waals surface area (Å²) in [6.45, 7) is 1.27. The Hall–Kier alpha value is -0.100. The van der Waals surface area contributed by atoms with Crippen LogP contribution in [0.15, 0.2) is 28.7 Å². The summed E-state index contributed by atoms with van der Waals surface area (Å²) < 4.78 is 26.1. The van der Waals surface area contributed by atoms with E-state index >= 15 is 0 Å². The van der Waals surface area contributed by atoms with Crippen molar-refractivity contribution < 1.29 is 8.42 Å². The molecule has 2 unspecified atom stereocenters. The number of hydrogen-bond donors (Lipinski definition) is 0. The molecule has 118 valence electrons. The van der Waals surface area contributed by atoms with Gasteiger partial charge < -0.3 is 0 Å². The molecule has 2 rings (SSSR count). The van der Waals surface area contributed by atoms with Gasteiger partial charge >= 0.3 is 0 Å². The third-order valence-electron chi connectivity index (χ3n) is 4.10. The lowest BCUT2D eigenvalue weighted by atomic mass is 9.86. The highest BCUT2D eigenvalue weighted by Crippen LogP contribution is 2.34. The highest BCUT2D eigenvalue weighted by atomic mass is 79.9. The number of rotatable bonds is 5. The molecule has 21 heavy (non-hydrogen) atoms. The van der Waals surface area contributed by atoms with Crippen LogP contribution in [0, 0.1) is 5.92 Å². The summed E-state index contributed by atoms with van der Waals surface area (Å²) in [4.78, 5) is 0. The van der Waals surface area contributed by atoms with Crippen molar-refractivity contribution in [1.29, 1.82) is 0 Å². The van der Waals surface area contributed by atoms with Crippen LogP contribution in [0.25, 0.3) is 0 Å². The van der Waals surface area contributed by atoms with E-state index in [0.717, 1.165) is 23.7 Å². The molecule has 3 nitrogen and oxygen atoms in total. The first kappa shape index (κ1) is 17.3. The van der Waals surface area contributed by atoms with Gasteiger partial charge in [0.2, 0.25) is 10.0 Å². The lowest BCUT2D eigenvalue weighted by molar-refractivity contribution is 0.249. The van der Waals surface area contributed by atoms with Crippen LogP contribution < -0.4 is 0 Å². The summed E-state index contributed by atoms with van der Waals surface area (Å²) in [5.74, 6) is 1.19. The lowest BCUT2D eigenvalue weighted by Gasteiger charge is -2.33. The number of alkyl halides is 1. The van der Waals surface area contributed by atoms with Crippen LogP contribution in [0.5, 0.6) is 0 Å². The smallest absolute Gasteiger partial charge is 0.211 e. The van der Waals surface area contributed by atoms with Gasteiger partial charge in [0.15, 0.2) is 0 Å². The van der Waals surface area contributed by atoms with E-state index in [2.05, 4.69) is 22.0 Å². The van der Waals surface area contributed by atoms with E-state index in [-0.39, 0.29) is 5.92 Å². The second-order valence-corrected chi connectivity index (χ2v) is 8.88. The second kappa shape index (κ2) is 7.44. The highest BCUT2D eigenvalue weighted by molar-refractivity contribution is 9.10. The summed E-state index contributed by atoms with van der Waals surface area (Å²) in [6.07, 6.45) is 4.23. The normalized spacial score (nSPS) is 22.1. The molecule has 0 radical (unpaired) electrons. The van der Waals surface area contributed by atoms with Crippen molar-refractivity contribution in [2.24, 2.45) is 5.92 Å². The first-order valence-corrected chi connectivity index (χ1v) is 10.3. The summed E-state index contributed by atoms with van der Waals surface area (Å²) >= 11 is 9.75. The Labute approximate surface area is 140 Å². The molecule has 0 aliphatic carbocycles. The van der Waals surface area contributed by atoms with Crippen LogP contribution in [-0.4, -0.2) is 37.9 Å². The molecule has 1 aromatic rings. The topological polar surface area (TPSA) is 37.4 Å². The molecule has 1 saturated heterocycles. The fourth-order valence-corrected chi connectivity index (χ4v) is 4.85. The SMILES string of the molecule is CS(=O)(=O)N1CCCC(CC(CCl)c2ccccc2Br)C1. The fourth-order valence-electron chi connectivity index (χ4n) is 3.00. The van der Waals surface area contributed by atoms with E-state index in [1.54, 1.807) is 4.31 Å². The molecule has 0 N–H and O–H groups in total. The number of piperidine rings is 1. The number of nitrogens with zero attached hydrogens (tertiary/aromatic N) is 1. The number of benzene rings is 1. The highest BCUT2D eigenvalue weighted by Gasteiger charge is 2.28. The Morgan fingerprint density at radius 3 is 2.76 bits per heavy atom. The maximum absolute atomic E-state index is 11.7. The monoisotopic (exact) mass is 393 g/mol. The minimum atomic E-state index is -3.08. The predicted molar refractivity (Wildman–Crippen MR) is 91.4 cm³/mol. The Balaban J connectivity index is 2.07. The number of sulfonamides is 1. The van der Waals surface area contributed by atoms with Gasteiger partial charge in [0, 0.05) is 23.4 Å². The third kappa shape index (κ3) is 4.68. The van der Waals surface area contributed by atoms with E-state index in [0.29, 0.717) is 24.9 Å². The standard InChI is InChI=1S/C15H21BrClNO2S/c1-21(19,20)18-8-4-5-12(11-18)9-13(10-17)14-6-2-3-7-15(14)16/h2-3,6-7,12-13H,4-5,8-11H2,1H3. The van der Waals surface area contributed by atoms with Gasteiger partial charge in [0.25, 0.3) is 0 Å². The average molecular weight is 395 g/mol. The number of halogens is 2. The molecule has 6 heteroatoms. The summed E-state index contributed by atoms with van der Waals surface area (Å²) in [6, 6.07) is 8.13. The van der Waals surface area contributed by atoms with Gasteiger partial charge in [-0.05, 0) is 42.7 Å². The first-order chi connectivity index (χ1) is 9.91. The molecule has 0 bridgehead atoms. The number of hydrogen-bond acceptors (Lipinski definition) is 2. The molecule has 0 saturated carbocycles. The maximum atomic E-state index is 11.7. The van der Waals surface area contributed by atoms with Crippen LogP contribution in [0.1, 0.15) is 30.7 Å². The van der Waals surface area contributed by atoms with E-state index in [1.807, 2.05) is 18.2 Å². The van der Waals surface area contributed by atoms with Crippen molar-refractivity contribution >= 4 is 37.6 Å². The minimum Gasteiger partial charge on any atom is -0.213 e. The predicted octanol–water partition coefficient (Wildman–Crippen LogP) is 3.83. The van der Waals surface area contributed by atoms with Crippen molar-refractivity contribution in [1.82, 2.24) is 4.31 Å². The molecular weight excluding hydrogens is 374 g/mol. The first-order valence-electron chi connectivity index (χ1n) is 7.17. The molecule has 0 spiro atoms. The summed E-state index contributed by atoms with van der Waals surface area (Å²) in [5, 5.41) is 0. The van der Waals surface area contributed by atoms with Crippen LogP contribution in [0.3, 0.4) is 0 Å². The van der Waals surface area contributed by atoms with Crippen LogP contribution in [-0.2, 0) is 10.0 Å². The Morgan fingerprint density at radius 1 is 1.43 bits per heavy atom. The Kier molecular flexibility index (Phi) is 6.12. The zero-order chi connectivity index (χ0) is 15.5. The van der Waals surface area contributed by atoms with Crippen LogP contribution in [0.2, 0.25) is 0 Å². The maximum Gasteiger partial charge on any atom is 0.211 e. The van der Waals surface area contributed by atoms with Crippen molar-refractivity contribution in [2.45, 2.75) is 25.2 Å².